The fraction of sp³-hybridized carbons (Fsp3) is 0.600. The molecule has 0 aliphatic carbocycles. The highest BCUT2D eigenvalue weighted by molar-refractivity contribution is 5.76. The second kappa shape index (κ2) is 10.6. The van der Waals surface area contributed by atoms with Gasteiger partial charge in [-0.15, -0.1) is 0 Å². The number of benzene rings is 1. The molecule has 1 amide bonds. The van der Waals surface area contributed by atoms with Crippen molar-refractivity contribution in [2.75, 3.05) is 33.0 Å². The first kappa shape index (κ1) is 22.2. The van der Waals surface area contributed by atoms with Crippen molar-refractivity contribution in [3.8, 4) is 11.5 Å². The Morgan fingerprint density at radius 3 is 2.91 bits per heavy atom. The molecule has 33 heavy (non-hydrogen) atoms. The summed E-state index contributed by atoms with van der Waals surface area (Å²) in [5.74, 6) is 3.26. The zero-order valence-corrected chi connectivity index (χ0v) is 19.2. The summed E-state index contributed by atoms with van der Waals surface area (Å²) >= 11 is 0. The van der Waals surface area contributed by atoms with Crippen LogP contribution in [-0.4, -0.2) is 48.9 Å². The fourth-order valence-corrected chi connectivity index (χ4v) is 5.18. The first-order valence-electron chi connectivity index (χ1n) is 12.3. The Morgan fingerprint density at radius 2 is 2.00 bits per heavy atom. The number of amides is 1. The van der Waals surface area contributed by atoms with E-state index in [1.54, 1.807) is 0 Å². The predicted octanol–water partition coefficient (Wildman–Crippen LogP) is 2.86. The Kier molecular flexibility index (Phi) is 7.12. The van der Waals surface area contributed by atoms with Gasteiger partial charge < -0.3 is 24.6 Å². The van der Waals surface area contributed by atoms with E-state index in [1.165, 1.54) is 19.3 Å². The zero-order chi connectivity index (χ0) is 22.5. The Morgan fingerprint density at radius 1 is 1.12 bits per heavy atom. The van der Waals surface area contributed by atoms with Crippen molar-refractivity contribution in [1.29, 1.82) is 0 Å². The molecule has 4 heterocycles. The van der Waals surface area contributed by atoms with E-state index in [-0.39, 0.29) is 12.7 Å². The molecule has 0 saturated carbocycles. The van der Waals surface area contributed by atoms with Gasteiger partial charge in [0.05, 0.1) is 12.2 Å². The Balaban J connectivity index is 1.11. The van der Waals surface area contributed by atoms with E-state index in [0.29, 0.717) is 24.8 Å². The molecule has 2 aromatic rings. The van der Waals surface area contributed by atoms with Crippen LogP contribution in [0.4, 0.5) is 0 Å². The zero-order valence-electron chi connectivity index (χ0n) is 19.2. The smallest absolute Gasteiger partial charge is 0.231 e. The number of fused-ring (bicyclic) bond motifs is 1. The highest BCUT2D eigenvalue weighted by Gasteiger charge is 2.28. The average molecular weight is 455 g/mol. The molecule has 0 spiro atoms. The van der Waals surface area contributed by atoms with E-state index in [2.05, 4.69) is 26.8 Å². The molecule has 0 radical (unpaired) electrons. The Hall–Kier alpha value is -2.58. The monoisotopic (exact) mass is 454 g/mol. The number of piperidine rings is 2. The van der Waals surface area contributed by atoms with Crippen molar-refractivity contribution in [3.63, 3.8) is 0 Å². The van der Waals surface area contributed by atoms with E-state index in [1.807, 2.05) is 18.2 Å². The summed E-state index contributed by atoms with van der Waals surface area (Å²) in [4.78, 5) is 15.2. The molecule has 3 aliphatic heterocycles. The molecule has 8 nitrogen and oxygen atoms in total. The van der Waals surface area contributed by atoms with Crippen LogP contribution >= 0.6 is 0 Å². The van der Waals surface area contributed by atoms with Crippen molar-refractivity contribution < 1.29 is 18.8 Å². The molecule has 178 valence electrons. The normalized spacial score (nSPS) is 22.9. The SMILES string of the molecule is O=C(C[C@@H]1CCNC[C@@H]1Cc1cc(CN2CCCCC2)on1)NCc1ccc2c(c1)OCO2. The van der Waals surface area contributed by atoms with Gasteiger partial charge in [-0.3, -0.25) is 9.69 Å². The summed E-state index contributed by atoms with van der Waals surface area (Å²) in [7, 11) is 0. The number of rotatable bonds is 8. The van der Waals surface area contributed by atoms with Crippen LogP contribution in [0.1, 0.15) is 49.1 Å². The molecule has 2 atom stereocenters. The number of aromatic nitrogens is 1. The average Bonchev–Trinajstić information content (AvgIpc) is 3.48. The fourth-order valence-electron chi connectivity index (χ4n) is 5.18. The van der Waals surface area contributed by atoms with E-state index in [0.717, 1.165) is 74.1 Å². The summed E-state index contributed by atoms with van der Waals surface area (Å²) in [6.45, 7) is 5.76. The molecule has 2 saturated heterocycles. The number of nitrogens with one attached hydrogen (secondary N) is 2. The molecule has 1 aromatic heterocycles. The van der Waals surface area contributed by atoms with Crippen LogP contribution in [0, 0.1) is 11.8 Å². The lowest BCUT2D eigenvalue weighted by molar-refractivity contribution is -0.122. The van der Waals surface area contributed by atoms with Crippen molar-refractivity contribution in [1.82, 2.24) is 20.7 Å². The summed E-state index contributed by atoms with van der Waals surface area (Å²) < 4.78 is 16.4. The molecular weight excluding hydrogens is 420 g/mol. The molecule has 0 unspecified atom stereocenters. The van der Waals surface area contributed by atoms with E-state index >= 15 is 0 Å². The standard InChI is InChI=1S/C25H34N4O4/c30-25(27-14-18-4-5-23-24(10-18)32-17-31-23)12-19-6-7-26-15-20(19)11-21-13-22(33-28-21)16-29-8-2-1-3-9-29/h4-5,10,13,19-20,26H,1-3,6-9,11-12,14-17H2,(H,27,30)/t19-,20-/m0/s1. The number of carbonyl (C=O) groups is 1. The van der Waals surface area contributed by atoms with Gasteiger partial charge in [-0.25, -0.2) is 0 Å². The molecule has 3 aliphatic rings. The number of nitrogens with zero attached hydrogens (tertiary/aromatic N) is 2. The van der Waals surface area contributed by atoms with Gasteiger partial charge in [0.25, 0.3) is 0 Å². The van der Waals surface area contributed by atoms with Crippen LogP contribution in [0.5, 0.6) is 11.5 Å². The van der Waals surface area contributed by atoms with Crippen LogP contribution in [0.15, 0.2) is 28.8 Å². The van der Waals surface area contributed by atoms with Crippen LogP contribution in [-0.2, 0) is 24.3 Å². The Bertz CT molecular complexity index is 940. The molecule has 1 aromatic carbocycles. The van der Waals surface area contributed by atoms with Gasteiger partial charge in [0.2, 0.25) is 12.7 Å². The van der Waals surface area contributed by atoms with Gasteiger partial charge in [0.15, 0.2) is 17.3 Å². The largest absolute Gasteiger partial charge is 0.454 e. The maximum atomic E-state index is 12.7. The molecule has 0 bridgehead atoms. The van der Waals surface area contributed by atoms with Gasteiger partial charge in [-0.2, -0.15) is 0 Å². The summed E-state index contributed by atoms with van der Waals surface area (Å²) in [5, 5.41) is 10.9. The molecule has 8 heteroatoms. The van der Waals surface area contributed by atoms with Gasteiger partial charge in [-0.1, -0.05) is 17.6 Å². The molecule has 5 rings (SSSR count). The Labute approximate surface area is 195 Å². The maximum Gasteiger partial charge on any atom is 0.231 e. The third kappa shape index (κ3) is 5.86. The quantitative estimate of drug-likeness (QED) is 0.634. The second-order valence-corrected chi connectivity index (χ2v) is 9.51. The highest BCUT2D eigenvalue weighted by Crippen LogP contribution is 2.32. The number of ether oxygens (including phenoxy) is 2. The summed E-state index contributed by atoms with van der Waals surface area (Å²) in [5.41, 5.74) is 2.01. The lowest BCUT2D eigenvalue weighted by atomic mass is 9.81. The summed E-state index contributed by atoms with van der Waals surface area (Å²) in [6, 6.07) is 7.90. The van der Waals surface area contributed by atoms with Crippen LogP contribution in [0.25, 0.3) is 0 Å². The third-order valence-electron chi connectivity index (χ3n) is 7.05. The first-order chi connectivity index (χ1) is 16.2. The third-order valence-corrected chi connectivity index (χ3v) is 7.05. The van der Waals surface area contributed by atoms with Crippen molar-refractivity contribution in [3.05, 3.63) is 41.3 Å². The minimum Gasteiger partial charge on any atom is -0.454 e. The number of carbonyl (C=O) groups excluding carboxylic acids is 1. The van der Waals surface area contributed by atoms with Crippen molar-refractivity contribution in [2.24, 2.45) is 11.8 Å². The topological polar surface area (TPSA) is 88.9 Å². The van der Waals surface area contributed by atoms with E-state index in [4.69, 9.17) is 14.0 Å². The molecule has 2 N–H and O–H groups in total. The van der Waals surface area contributed by atoms with Crippen LogP contribution < -0.4 is 20.1 Å². The van der Waals surface area contributed by atoms with Gasteiger partial charge >= 0.3 is 0 Å². The minimum atomic E-state index is 0.0931. The van der Waals surface area contributed by atoms with E-state index in [9.17, 15) is 4.79 Å². The van der Waals surface area contributed by atoms with Crippen LogP contribution in [0.2, 0.25) is 0 Å². The molecular formula is C25H34N4O4. The summed E-state index contributed by atoms with van der Waals surface area (Å²) in [6.07, 6.45) is 6.26. The number of hydrogen-bond donors (Lipinski definition) is 2. The lowest BCUT2D eigenvalue weighted by Gasteiger charge is -2.31. The highest BCUT2D eigenvalue weighted by atomic mass is 16.7. The van der Waals surface area contributed by atoms with Crippen LogP contribution in [0.3, 0.4) is 0 Å². The molecule has 2 fully saturated rings. The van der Waals surface area contributed by atoms with Gasteiger partial charge in [0.1, 0.15) is 0 Å². The predicted molar refractivity (Wildman–Crippen MR) is 123 cm³/mol. The van der Waals surface area contributed by atoms with Crippen molar-refractivity contribution in [2.45, 2.75) is 51.6 Å². The van der Waals surface area contributed by atoms with Gasteiger partial charge in [0, 0.05) is 19.0 Å². The number of likely N-dealkylation sites (tertiary alicyclic amines) is 1. The van der Waals surface area contributed by atoms with E-state index < -0.39 is 0 Å². The lowest BCUT2D eigenvalue weighted by Crippen LogP contribution is -2.40. The first-order valence-corrected chi connectivity index (χ1v) is 12.3. The maximum absolute atomic E-state index is 12.7. The van der Waals surface area contributed by atoms with Gasteiger partial charge in [-0.05, 0) is 81.4 Å². The van der Waals surface area contributed by atoms with Crippen molar-refractivity contribution >= 4 is 5.91 Å². The number of hydrogen-bond acceptors (Lipinski definition) is 7. The minimum absolute atomic E-state index is 0.0931. The second-order valence-electron chi connectivity index (χ2n) is 9.51.